The molecule has 1 rings (SSSR count). The van der Waals surface area contributed by atoms with Gasteiger partial charge in [-0.25, -0.2) is 4.79 Å². The number of esters is 1. The predicted octanol–water partition coefficient (Wildman–Crippen LogP) is 3.54. The van der Waals surface area contributed by atoms with Crippen molar-refractivity contribution < 1.29 is 9.53 Å². The van der Waals surface area contributed by atoms with Gasteiger partial charge in [-0.2, -0.15) is 0 Å². The van der Waals surface area contributed by atoms with Gasteiger partial charge in [0, 0.05) is 6.54 Å². The van der Waals surface area contributed by atoms with Crippen molar-refractivity contribution in [2.45, 2.75) is 34.6 Å². The Hall–Kier alpha value is -1.71. The van der Waals surface area contributed by atoms with E-state index in [9.17, 15) is 4.79 Å². The molecule has 0 spiro atoms. The van der Waals surface area contributed by atoms with Crippen LogP contribution in [0.1, 0.15) is 45.0 Å². The van der Waals surface area contributed by atoms with Crippen molar-refractivity contribution in [2.75, 3.05) is 24.2 Å². The van der Waals surface area contributed by atoms with Crippen LogP contribution >= 0.6 is 0 Å². The van der Waals surface area contributed by atoms with E-state index < -0.39 is 0 Å². The monoisotopic (exact) mass is 278 g/mol. The number of nitrogen functional groups attached to an aromatic ring is 1. The van der Waals surface area contributed by atoms with Crippen LogP contribution in [0.2, 0.25) is 0 Å². The first-order valence-electron chi connectivity index (χ1n) is 7.06. The number of carbonyl (C=O) groups is 1. The van der Waals surface area contributed by atoms with E-state index in [-0.39, 0.29) is 11.4 Å². The maximum absolute atomic E-state index is 11.6. The topological polar surface area (TPSA) is 64.3 Å². The molecule has 0 aliphatic heterocycles. The van der Waals surface area contributed by atoms with E-state index in [2.05, 4.69) is 33.0 Å². The molecular weight excluding hydrogens is 252 g/mol. The summed E-state index contributed by atoms with van der Waals surface area (Å²) in [6.45, 7) is 11.8. The Balaban J connectivity index is 2.72. The maximum atomic E-state index is 11.6. The summed E-state index contributed by atoms with van der Waals surface area (Å²) in [6.07, 6.45) is 0. The van der Waals surface area contributed by atoms with Gasteiger partial charge < -0.3 is 15.8 Å². The van der Waals surface area contributed by atoms with E-state index in [4.69, 9.17) is 10.5 Å². The Morgan fingerprint density at radius 1 is 1.40 bits per heavy atom. The zero-order valence-corrected chi connectivity index (χ0v) is 13.1. The molecule has 0 saturated heterocycles. The molecule has 0 aromatic heterocycles. The van der Waals surface area contributed by atoms with Gasteiger partial charge in [-0.05, 0) is 36.5 Å². The normalized spacial score (nSPS) is 12.8. The number of anilines is 2. The Labute approximate surface area is 121 Å². The molecule has 0 fully saturated rings. The molecule has 4 heteroatoms. The van der Waals surface area contributed by atoms with Gasteiger partial charge >= 0.3 is 5.97 Å². The van der Waals surface area contributed by atoms with E-state index in [1.165, 1.54) is 0 Å². The van der Waals surface area contributed by atoms with Crippen molar-refractivity contribution in [2.24, 2.45) is 11.3 Å². The Morgan fingerprint density at radius 3 is 2.55 bits per heavy atom. The molecular formula is C16H26N2O2. The lowest BCUT2D eigenvalue weighted by molar-refractivity contribution is 0.0526. The third kappa shape index (κ3) is 4.44. The molecule has 1 unspecified atom stereocenters. The molecule has 1 atom stereocenters. The van der Waals surface area contributed by atoms with Crippen molar-refractivity contribution >= 4 is 17.3 Å². The molecule has 1 aromatic rings. The van der Waals surface area contributed by atoms with Crippen LogP contribution in [0.3, 0.4) is 0 Å². The minimum atomic E-state index is -0.339. The number of hydrogen-bond acceptors (Lipinski definition) is 4. The van der Waals surface area contributed by atoms with Crippen molar-refractivity contribution in [3.05, 3.63) is 23.8 Å². The average molecular weight is 278 g/mol. The number of rotatable bonds is 5. The molecule has 1 aromatic carbocycles. The van der Waals surface area contributed by atoms with E-state index in [1.807, 2.05) is 6.07 Å². The minimum Gasteiger partial charge on any atom is -0.462 e. The molecule has 112 valence electrons. The van der Waals surface area contributed by atoms with Gasteiger partial charge in [-0.1, -0.05) is 27.7 Å². The second-order valence-electron chi connectivity index (χ2n) is 6.17. The predicted molar refractivity (Wildman–Crippen MR) is 83.9 cm³/mol. The zero-order valence-electron chi connectivity index (χ0n) is 13.1. The summed E-state index contributed by atoms with van der Waals surface area (Å²) in [6, 6.07) is 5.22. The lowest BCUT2D eigenvalue weighted by Gasteiger charge is -2.28. The first-order chi connectivity index (χ1) is 9.25. The first kappa shape index (κ1) is 16.3. The van der Waals surface area contributed by atoms with Crippen LogP contribution in [0.25, 0.3) is 0 Å². The molecule has 0 aliphatic rings. The summed E-state index contributed by atoms with van der Waals surface area (Å²) in [4.78, 5) is 11.6. The maximum Gasteiger partial charge on any atom is 0.338 e. The van der Waals surface area contributed by atoms with Gasteiger partial charge in [0.1, 0.15) is 0 Å². The van der Waals surface area contributed by atoms with Crippen LogP contribution < -0.4 is 11.1 Å². The summed E-state index contributed by atoms with van der Waals surface area (Å²) in [5.74, 6) is 0.167. The fraction of sp³-hybridized carbons (Fsp3) is 0.562. The van der Waals surface area contributed by atoms with Crippen LogP contribution in [0.15, 0.2) is 18.2 Å². The van der Waals surface area contributed by atoms with Crippen LogP contribution in [0, 0.1) is 11.3 Å². The van der Waals surface area contributed by atoms with E-state index in [0.717, 1.165) is 12.2 Å². The quantitative estimate of drug-likeness (QED) is 0.638. The highest BCUT2D eigenvalue weighted by atomic mass is 16.5. The molecule has 4 nitrogen and oxygen atoms in total. The number of nitrogens with two attached hydrogens (primary N) is 1. The molecule has 3 N–H and O–H groups in total. The fourth-order valence-electron chi connectivity index (χ4n) is 1.63. The SMILES string of the molecule is CCOC(=O)c1ccc(NCC(C)C(C)(C)C)c(N)c1. The highest BCUT2D eigenvalue weighted by molar-refractivity contribution is 5.91. The summed E-state index contributed by atoms with van der Waals surface area (Å²) < 4.78 is 4.95. The average Bonchev–Trinajstić information content (AvgIpc) is 2.36. The summed E-state index contributed by atoms with van der Waals surface area (Å²) in [7, 11) is 0. The largest absolute Gasteiger partial charge is 0.462 e. The number of nitrogens with one attached hydrogen (secondary N) is 1. The van der Waals surface area contributed by atoms with E-state index in [1.54, 1.807) is 19.1 Å². The van der Waals surface area contributed by atoms with Gasteiger partial charge in [-0.3, -0.25) is 0 Å². The van der Waals surface area contributed by atoms with Gasteiger partial charge in [0.05, 0.1) is 23.5 Å². The molecule has 0 heterocycles. The van der Waals surface area contributed by atoms with Crippen LogP contribution in [-0.2, 0) is 4.74 Å². The standard InChI is InChI=1S/C16H26N2O2/c1-6-20-15(19)12-7-8-14(13(17)9-12)18-10-11(2)16(3,4)5/h7-9,11,18H,6,10,17H2,1-5H3. The fourth-order valence-corrected chi connectivity index (χ4v) is 1.63. The van der Waals surface area contributed by atoms with Crippen LogP contribution in [0.5, 0.6) is 0 Å². The first-order valence-corrected chi connectivity index (χ1v) is 7.06. The number of carbonyl (C=O) groups excluding carboxylic acids is 1. The third-order valence-corrected chi connectivity index (χ3v) is 3.64. The molecule has 0 radical (unpaired) electrons. The zero-order chi connectivity index (χ0) is 15.3. The lowest BCUT2D eigenvalue weighted by Crippen LogP contribution is -2.25. The summed E-state index contributed by atoms with van der Waals surface area (Å²) in [5, 5.41) is 3.34. The lowest BCUT2D eigenvalue weighted by atomic mass is 9.82. The Morgan fingerprint density at radius 2 is 2.05 bits per heavy atom. The Bertz CT molecular complexity index is 464. The van der Waals surface area contributed by atoms with Crippen molar-refractivity contribution in [1.29, 1.82) is 0 Å². The molecule has 0 amide bonds. The highest BCUT2D eigenvalue weighted by Gasteiger charge is 2.19. The molecule has 20 heavy (non-hydrogen) atoms. The van der Waals surface area contributed by atoms with Gasteiger partial charge in [-0.15, -0.1) is 0 Å². The molecule has 0 saturated carbocycles. The summed E-state index contributed by atoms with van der Waals surface area (Å²) >= 11 is 0. The van der Waals surface area contributed by atoms with E-state index in [0.29, 0.717) is 23.8 Å². The second kappa shape index (κ2) is 6.64. The number of ether oxygens (including phenoxy) is 1. The van der Waals surface area contributed by atoms with Gasteiger partial charge in [0.15, 0.2) is 0 Å². The second-order valence-corrected chi connectivity index (χ2v) is 6.17. The summed E-state index contributed by atoms with van der Waals surface area (Å²) in [5.41, 5.74) is 8.13. The number of benzene rings is 1. The molecule has 0 bridgehead atoms. The highest BCUT2D eigenvalue weighted by Crippen LogP contribution is 2.27. The van der Waals surface area contributed by atoms with E-state index >= 15 is 0 Å². The van der Waals surface area contributed by atoms with Gasteiger partial charge in [0.2, 0.25) is 0 Å². The Kier molecular flexibility index (Phi) is 5.43. The van der Waals surface area contributed by atoms with Gasteiger partial charge in [0.25, 0.3) is 0 Å². The van der Waals surface area contributed by atoms with Crippen LogP contribution in [0.4, 0.5) is 11.4 Å². The van der Waals surface area contributed by atoms with Crippen molar-refractivity contribution in [3.8, 4) is 0 Å². The smallest absolute Gasteiger partial charge is 0.338 e. The number of hydrogen-bond donors (Lipinski definition) is 2. The van der Waals surface area contributed by atoms with Crippen molar-refractivity contribution in [1.82, 2.24) is 0 Å². The van der Waals surface area contributed by atoms with Crippen molar-refractivity contribution in [3.63, 3.8) is 0 Å². The minimum absolute atomic E-state index is 0.243. The molecule has 0 aliphatic carbocycles. The van der Waals surface area contributed by atoms with Crippen LogP contribution in [-0.4, -0.2) is 19.1 Å². The third-order valence-electron chi connectivity index (χ3n) is 3.64.